The fraction of sp³-hybridized carbons (Fsp3) is 1.00. The van der Waals surface area contributed by atoms with Gasteiger partial charge in [0.25, 0.3) is 0 Å². The molecule has 0 N–H and O–H groups in total. The summed E-state index contributed by atoms with van der Waals surface area (Å²) < 4.78 is 0. The van der Waals surface area contributed by atoms with Gasteiger partial charge in [-0.05, 0) is 0 Å². The van der Waals surface area contributed by atoms with E-state index < -0.39 is 0 Å². The second kappa shape index (κ2) is 20.3. The molecular formula is CH4Pd2Rh. The molecule has 0 aliphatic heterocycles. The molecule has 3 heteroatoms. The van der Waals surface area contributed by atoms with Crippen molar-refractivity contribution < 1.29 is 60.3 Å². The zero-order valence-electron chi connectivity index (χ0n) is 0.966. The fourth-order valence-electron chi connectivity index (χ4n) is 0. The second-order valence-corrected chi connectivity index (χ2v) is 0. The van der Waals surface area contributed by atoms with Gasteiger partial charge < -0.3 is 0 Å². The fourth-order valence-corrected chi connectivity index (χ4v) is 0. The summed E-state index contributed by atoms with van der Waals surface area (Å²) in [4.78, 5) is 0. The molecule has 0 fully saturated rings. The van der Waals surface area contributed by atoms with Crippen molar-refractivity contribution in [1.29, 1.82) is 0 Å². The van der Waals surface area contributed by atoms with Crippen molar-refractivity contribution >= 4 is 0 Å². The third-order valence-electron chi connectivity index (χ3n) is 0. The molecule has 0 heterocycles. The van der Waals surface area contributed by atoms with E-state index in [0.29, 0.717) is 0 Å². The Kier molecular flexibility index (Phi) is 195. The Labute approximate surface area is 67.2 Å². The van der Waals surface area contributed by atoms with Crippen LogP contribution in [-0.4, -0.2) is 0 Å². The minimum Gasteiger partial charge on any atom is -0.0776 e. The van der Waals surface area contributed by atoms with Crippen LogP contribution in [0.3, 0.4) is 0 Å². The molecule has 0 aromatic heterocycles. The predicted octanol–water partition coefficient (Wildman–Crippen LogP) is 0.629. The molecule has 0 aliphatic rings. The zero-order chi connectivity index (χ0) is 0. The molecule has 4 heavy (non-hydrogen) atoms. The quantitative estimate of drug-likeness (QED) is 0.571. The Morgan fingerprint density at radius 1 is 0.750 bits per heavy atom. The largest absolute Gasteiger partial charge is 0.0776 e. The van der Waals surface area contributed by atoms with Crippen LogP contribution < -0.4 is 0 Å². The molecular weight excluding hydrogens is 328 g/mol. The normalized spacial score (nSPS) is 0. The van der Waals surface area contributed by atoms with Crippen LogP contribution in [0.15, 0.2) is 0 Å². The molecule has 0 saturated heterocycles. The minimum atomic E-state index is 0. The van der Waals surface area contributed by atoms with E-state index in [1.165, 1.54) is 0 Å². The van der Waals surface area contributed by atoms with Crippen LogP contribution in [0.5, 0.6) is 0 Å². The van der Waals surface area contributed by atoms with Gasteiger partial charge in [0.2, 0.25) is 0 Å². The van der Waals surface area contributed by atoms with Gasteiger partial charge in [-0.15, -0.1) is 0 Å². The van der Waals surface area contributed by atoms with Crippen LogP contribution in [0.1, 0.15) is 7.43 Å². The van der Waals surface area contributed by atoms with E-state index in [1.807, 2.05) is 0 Å². The van der Waals surface area contributed by atoms with Gasteiger partial charge >= 0.3 is 0 Å². The van der Waals surface area contributed by atoms with Gasteiger partial charge in [-0.2, -0.15) is 0 Å². The van der Waals surface area contributed by atoms with Crippen molar-refractivity contribution in [1.82, 2.24) is 0 Å². The van der Waals surface area contributed by atoms with Crippen molar-refractivity contribution in [2.24, 2.45) is 0 Å². The molecule has 0 bridgehead atoms. The van der Waals surface area contributed by atoms with Crippen molar-refractivity contribution in [2.45, 2.75) is 7.43 Å². The first-order valence-corrected chi connectivity index (χ1v) is 0. The van der Waals surface area contributed by atoms with Crippen LogP contribution in [0.4, 0.5) is 0 Å². The van der Waals surface area contributed by atoms with E-state index >= 15 is 0 Å². The Bertz CT molecular complexity index is 6.00. The summed E-state index contributed by atoms with van der Waals surface area (Å²) in [5.74, 6) is 0. The topological polar surface area (TPSA) is 0 Å². The standard InChI is InChI=1S/CH4.2Pd.Rh/h1H4;;;. The summed E-state index contributed by atoms with van der Waals surface area (Å²) in [5.41, 5.74) is 0. The van der Waals surface area contributed by atoms with E-state index in [9.17, 15) is 0 Å². The van der Waals surface area contributed by atoms with Gasteiger partial charge in [-0.1, -0.05) is 7.43 Å². The summed E-state index contributed by atoms with van der Waals surface area (Å²) >= 11 is 0. The van der Waals surface area contributed by atoms with Crippen LogP contribution in [0.25, 0.3) is 0 Å². The van der Waals surface area contributed by atoms with Gasteiger partial charge in [0, 0.05) is 60.3 Å². The van der Waals surface area contributed by atoms with Gasteiger partial charge in [0.05, 0.1) is 0 Å². The first-order valence-electron chi connectivity index (χ1n) is 0. The van der Waals surface area contributed by atoms with E-state index in [4.69, 9.17) is 0 Å². The van der Waals surface area contributed by atoms with Crippen LogP contribution >= 0.6 is 0 Å². The molecule has 0 amide bonds. The molecule has 0 spiro atoms. The van der Waals surface area contributed by atoms with Crippen molar-refractivity contribution in [3.63, 3.8) is 0 Å². The molecule has 0 saturated carbocycles. The van der Waals surface area contributed by atoms with E-state index in [1.54, 1.807) is 0 Å². The molecule has 0 aliphatic carbocycles. The summed E-state index contributed by atoms with van der Waals surface area (Å²) in [6.45, 7) is 0. The zero-order valence-corrected chi connectivity index (χ0v) is 5.71. The van der Waals surface area contributed by atoms with Crippen molar-refractivity contribution in [3.8, 4) is 0 Å². The third-order valence-corrected chi connectivity index (χ3v) is 0. The Balaban J connectivity index is 0. The predicted molar refractivity (Wildman–Crippen MR) is 6.73 cm³/mol. The first-order chi connectivity index (χ1) is 0. The maximum Gasteiger partial charge on any atom is 0 e. The molecule has 0 unspecified atom stereocenters. The van der Waals surface area contributed by atoms with Gasteiger partial charge in [-0.3, -0.25) is 0 Å². The number of hydrogen-bond acceptors (Lipinski definition) is 0. The third kappa shape index (κ3) is 9.04. The average molecular weight is 332 g/mol. The SMILES string of the molecule is C.[Pd].[Pd].[Rh]. The van der Waals surface area contributed by atoms with E-state index in [0.717, 1.165) is 0 Å². The molecule has 0 aromatic carbocycles. The Morgan fingerprint density at radius 2 is 0.750 bits per heavy atom. The minimum absolute atomic E-state index is 0. The molecule has 37 valence electrons. The van der Waals surface area contributed by atoms with Crippen molar-refractivity contribution in [2.75, 3.05) is 0 Å². The number of hydrogen-bond donors (Lipinski definition) is 0. The molecule has 0 rings (SSSR count). The van der Waals surface area contributed by atoms with Gasteiger partial charge in [0.15, 0.2) is 0 Å². The maximum atomic E-state index is 0. The molecule has 1 radical (unpaired) electrons. The molecule has 0 aromatic rings. The second-order valence-electron chi connectivity index (χ2n) is 0. The average Bonchev–Trinajstić information content (AvgIpc) is 0. The summed E-state index contributed by atoms with van der Waals surface area (Å²) in [6.07, 6.45) is 0. The smallest absolute Gasteiger partial charge is 0 e. The van der Waals surface area contributed by atoms with E-state index in [2.05, 4.69) is 0 Å². The number of rotatable bonds is 0. The van der Waals surface area contributed by atoms with Gasteiger partial charge in [0.1, 0.15) is 0 Å². The molecule has 0 atom stereocenters. The van der Waals surface area contributed by atoms with Crippen molar-refractivity contribution in [3.05, 3.63) is 0 Å². The Hall–Kier alpha value is 1.95. The Morgan fingerprint density at radius 3 is 0.750 bits per heavy atom. The van der Waals surface area contributed by atoms with E-state index in [-0.39, 0.29) is 67.8 Å². The van der Waals surface area contributed by atoms with Gasteiger partial charge in [-0.25, -0.2) is 0 Å². The molecule has 0 nitrogen and oxygen atoms in total. The summed E-state index contributed by atoms with van der Waals surface area (Å²) in [5, 5.41) is 0. The monoisotopic (exact) mass is 331 g/mol. The first kappa shape index (κ1) is 38.4. The van der Waals surface area contributed by atoms with Crippen LogP contribution in [0, 0.1) is 0 Å². The summed E-state index contributed by atoms with van der Waals surface area (Å²) in [7, 11) is 0. The maximum absolute atomic E-state index is 0. The summed E-state index contributed by atoms with van der Waals surface area (Å²) in [6, 6.07) is 0. The van der Waals surface area contributed by atoms with Crippen LogP contribution in [0.2, 0.25) is 0 Å². The van der Waals surface area contributed by atoms with Crippen LogP contribution in [-0.2, 0) is 60.3 Å².